The first-order valence-electron chi connectivity index (χ1n) is 5.97. The fraction of sp³-hybridized carbons (Fsp3) is 0.769. The quantitative estimate of drug-likeness (QED) is 0.706. The van der Waals surface area contributed by atoms with Gasteiger partial charge in [0.1, 0.15) is 0 Å². The summed E-state index contributed by atoms with van der Waals surface area (Å²) in [5.41, 5.74) is 5.98. The normalized spacial score (nSPS) is 13.3. The van der Waals surface area contributed by atoms with E-state index in [0.29, 0.717) is 13.0 Å². The van der Waals surface area contributed by atoms with E-state index in [9.17, 15) is 4.79 Å². The highest BCUT2D eigenvalue weighted by Crippen LogP contribution is 2.20. The van der Waals surface area contributed by atoms with Crippen LogP contribution in [0.25, 0.3) is 0 Å². The molecular weight excluding hydrogens is 200 g/mol. The van der Waals surface area contributed by atoms with Crippen LogP contribution in [0.1, 0.15) is 40.5 Å². The van der Waals surface area contributed by atoms with Crippen molar-refractivity contribution in [3.63, 3.8) is 0 Å². The molecule has 0 radical (unpaired) electrons. The summed E-state index contributed by atoms with van der Waals surface area (Å²) in [5, 5.41) is 0. The zero-order chi connectivity index (χ0) is 12.8. The molecule has 94 valence electrons. The van der Waals surface area contributed by atoms with Crippen LogP contribution in [0.15, 0.2) is 12.7 Å². The molecule has 0 saturated heterocycles. The lowest BCUT2D eigenvalue weighted by Gasteiger charge is -2.29. The molecule has 0 saturated carbocycles. The third-order valence-corrected chi connectivity index (χ3v) is 2.70. The topological polar surface area (TPSA) is 46.3 Å². The average molecular weight is 226 g/mol. The molecule has 0 aliphatic rings. The molecule has 1 atom stereocenters. The van der Waals surface area contributed by atoms with Gasteiger partial charge in [0.25, 0.3) is 0 Å². The second kappa shape index (κ2) is 6.69. The zero-order valence-corrected chi connectivity index (χ0v) is 11.1. The fourth-order valence-electron chi connectivity index (χ4n) is 1.37. The van der Waals surface area contributed by atoms with Crippen molar-refractivity contribution in [1.29, 1.82) is 0 Å². The molecule has 0 aliphatic carbocycles. The Labute approximate surface area is 99.7 Å². The monoisotopic (exact) mass is 226 g/mol. The lowest BCUT2D eigenvalue weighted by Crippen LogP contribution is -2.42. The van der Waals surface area contributed by atoms with E-state index in [2.05, 4.69) is 34.3 Å². The standard InChI is InChI=1S/C13H26N2O/c1-6-8-15(9-7-2)12(16)10-11(14)13(3,4)5/h6,11H,1,7-10,14H2,2-5H3. The first-order chi connectivity index (χ1) is 7.32. The molecule has 2 N–H and O–H groups in total. The van der Waals surface area contributed by atoms with E-state index in [0.717, 1.165) is 13.0 Å². The maximum Gasteiger partial charge on any atom is 0.224 e. The predicted molar refractivity (Wildman–Crippen MR) is 69.1 cm³/mol. The SMILES string of the molecule is C=CCN(CCC)C(=O)CC(N)C(C)(C)C. The highest BCUT2D eigenvalue weighted by molar-refractivity contribution is 5.77. The summed E-state index contributed by atoms with van der Waals surface area (Å²) >= 11 is 0. The maximum atomic E-state index is 12.0. The Morgan fingerprint density at radius 1 is 1.50 bits per heavy atom. The van der Waals surface area contributed by atoms with Gasteiger partial charge in [-0.1, -0.05) is 33.8 Å². The Morgan fingerprint density at radius 2 is 2.06 bits per heavy atom. The number of rotatable bonds is 6. The smallest absolute Gasteiger partial charge is 0.224 e. The molecule has 0 aliphatic heterocycles. The van der Waals surface area contributed by atoms with Crippen molar-refractivity contribution >= 4 is 5.91 Å². The molecule has 3 heteroatoms. The summed E-state index contributed by atoms with van der Waals surface area (Å²) in [6.07, 6.45) is 3.14. The molecule has 16 heavy (non-hydrogen) atoms. The van der Waals surface area contributed by atoms with Crippen molar-refractivity contribution in [1.82, 2.24) is 4.90 Å². The Hall–Kier alpha value is -0.830. The molecule has 3 nitrogen and oxygen atoms in total. The van der Waals surface area contributed by atoms with E-state index in [4.69, 9.17) is 5.73 Å². The van der Waals surface area contributed by atoms with Crippen LogP contribution < -0.4 is 5.73 Å². The van der Waals surface area contributed by atoms with Crippen LogP contribution in [-0.2, 0) is 4.79 Å². The van der Waals surface area contributed by atoms with E-state index in [1.165, 1.54) is 0 Å². The van der Waals surface area contributed by atoms with Gasteiger partial charge in [-0.2, -0.15) is 0 Å². The van der Waals surface area contributed by atoms with Gasteiger partial charge in [0.15, 0.2) is 0 Å². The molecule has 1 unspecified atom stereocenters. The van der Waals surface area contributed by atoms with Crippen molar-refractivity contribution in [3.05, 3.63) is 12.7 Å². The molecular formula is C13H26N2O. The Balaban J connectivity index is 4.35. The van der Waals surface area contributed by atoms with E-state index >= 15 is 0 Å². The fourth-order valence-corrected chi connectivity index (χ4v) is 1.37. The van der Waals surface area contributed by atoms with Crippen LogP contribution in [0.5, 0.6) is 0 Å². The van der Waals surface area contributed by atoms with Gasteiger partial charge in [0.2, 0.25) is 5.91 Å². The number of carbonyl (C=O) groups excluding carboxylic acids is 1. The molecule has 0 heterocycles. The Kier molecular flexibility index (Phi) is 6.34. The van der Waals surface area contributed by atoms with Gasteiger partial charge >= 0.3 is 0 Å². The Bertz CT molecular complexity index is 231. The van der Waals surface area contributed by atoms with E-state index in [-0.39, 0.29) is 17.4 Å². The minimum Gasteiger partial charge on any atom is -0.339 e. The first-order valence-corrected chi connectivity index (χ1v) is 5.97. The van der Waals surface area contributed by atoms with Crippen molar-refractivity contribution in [3.8, 4) is 0 Å². The number of nitrogens with zero attached hydrogens (tertiary/aromatic N) is 1. The van der Waals surface area contributed by atoms with E-state index in [1.807, 2.05) is 4.90 Å². The highest BCUT2D eigenvalue weighted by Gasteiger charge is 2.24. The number of amides is 1. The van der Waals surface area contributed by atoms with Crippen molar-refractivity contribution in [2.24, 2.45) is 11.1 Å². The summed E-state index contributed by atoms with van der Waals surface area (Å²) < 4.78 is 0. The van der Waals surface area contributed by atoms with Gasteiger partial charge in [-0.15, -0.1) is 6.58 Å². The molecule has 0 rings (SSSR count). The second-order valence-electron chi connectivity index (χ2n) is 5.31. The molecule has 1 amide bonds. The van der Waals surface area contributed by atoms with Crippen LogP contribution >= 0.6 is 0 Å². The van der Waals surface area contributed by atoms with Crippen molar-refractivity contribution in [2.45, 2.75) is 46.6 Å². The third-order valence-electron chi connectivity index (χ3n) is 2.70. The van der Waals surface area contributed by atoms with Crippen molar-refractivity contribution < 1.29 is 4.79 Å². The summed E-state index contributed by atoms with van der Waals surface area (Å²) in [5.74, 6) is 0.129. The van der Waals surface area contributed by atoms with Gasteiger partial charge in [0, 0.05) is 25.6 Å². The maximum absolute atomic E-state index is 12.0. The van der Waals surface area contributed by atoms with Gasteiger partial charge in [0.05, 0.1) is 0 Å². The number of nitrogens with two attached hydrogens (primary N) is 1. The zero-order valence-electron chi connectivity index (χ0n) is 11.1. The third kappa shape index (κ3) is 5.31. The van der Waals surface area contributed by atoms with E-state index in [1.54, 1.807) is 6.08 Å². The van der Waals surface area contributed by atoms with Crippen LogP contribution in [0.2, 0.25) is 0 Å². The van der Waals surface area contributed by atoms with Gasteiger partial charge < -0.3 is 10.6 Å². The number of carbonyl (C=O) groups is 1. The van der Waals surface area contributed by atoms with Gasteiger partial charge in [-0.3, -0.25) is 4.79 Å². The summed E-state index contributed by atoms with van der Waals surface area (Å²) in [7, 11) is 0. The van der Waals surface area contributed by atoms with Crippen LogP contribution in [0, 0.1) is 5.41 Å². The van der Waals surface area contributed by atoms with Crippen LogP contribution in [0.4, 0.5) is 0 Å². The van der Waals surface area contributed by atoms with Crippen LogP contribution in [-0.4, -0.2) is 29.9 Å². The lowest BCUT2D eigenvalue weighted by molar-refractivity contribution is -0.131. The van der Waals surface area contributed by atoms with Gasteiger partial charge in [-0.05, 0) is 11.8 Å². The summed E-state index contributed by atoms with van der Waals surface area (Å²) in [4.78, 5) is 13.8. The van der Waals surface area contributed by atoms with Crippen LogP contribution in [0.3, 0.4) is 0 Å². The first kappa shape index (κ1) is 15.2. The minimum atomic E-state index is -0.0934. The number of hydrogen-bond acceptors (Lipinski definition) is 2. The van der Waals surface area contributed by atoms with E-state index < -0.39 is 0 Å². The Morgan fingerprint density at radius 3 is 2.44 bits per heavy atom. The molecule has 0 aromatic carbocycles. The molecule has 0 fully saturated rings. The highest BCUT2D eigenvalue weighted by atomic mass is 16.2. The van der Waals surface area contributed by atoms with Gasteiger partial charge in [-0.25, -0.2) is 0 Å². The lowest BCUT2D eigenvalue weighted by atomic mass is 9.85. The average Bonchev–Trinajstić information content (AvgIpc) is 2.15. The predicted octanol–water partition coefficient (Wildman–Crippen LogP) is 2.17. The molecule has 0 spiro atoms. The summed E-state index contributed by atoms with van der Waals surface area (Å²) in [6, 6.07) is -0.0934. The number of hydrogen-bond donors (Lipinski definition) is 1. The largest absolute Gasteiger partial charge is 0.339 e. The molecule has 0 bridgehead atoms. The van der Waals surface area contributed by atoms with Crippen molar-refractivity contribution in [2.75, 3.05) is 13.1 Å². The molecule has 0 aromatic heterocycles. The summed E-state index contributed by atoms with van der Waals surface area (Å²) in [6.45, 7) is 13.3. The molecule has 0 aromatic rings. The second-order valence-corrected chi connectivity index (χ2v) is 5.31. The minimum absolute atomic E-state index is 0.0261.